The highest BCUT2D eigenvalue weighted by Crippen LogP contribution is 2.16. The number of thioether (sulfide) groups is 1. The largest absolute Gasteiger partial charge is 0.325 e. The Kier molecular flexibility index (Phi) is 6.27. The van der Waals surface area contributed by atoms with Crippen molar-refractivity contribution in [3.8, 4) is 0 Å². The third kappa shape index (κ3) is 5.23. The van der Waals surface area contributed by atoms with E-state index in [9.17, 15) is 4.79 Å². The summed E-state index contributed by atoms with van der Waals surface area (Å²) in [6, 6.07) is 9.45. The van der Waals surface area contributed by atoms with Gasteiger partial charge in [0.15, 0.2) is 5.16 Å². The van der Waals surface area contributed by atoms with Gasteiger partial charge in [-0.1, -0.05) is 49.7 Å². The van der Waals surface area contributed by atoms with Crippen LogP contribution in [0.4, 0.5) is 5.69 Å². The van der Waals surface area contributed by atoms with Crippen molar-refractivity contribution in [1.29, 1.82) is 0 Å². The van der Waals surface area contributed by atoms with Gasteiger partial charge in [-0.25, -0.2) is 0 Å². The molecule has 0 atom stereocenters. The molecule has 112 valence electrons. The second kappa shape index (κ2) is 8.46. The number of hydrogen-bond donors (Lipinski definition) is 1. The first-order valence-electron chi connectivity index (χ1n) is 7.15. The van der Waals surface area contributed by atoms with Gasteiger partial charge in [0.2, 0.25) is 5.91 Å². The molecule has 1 aromatic heterocycles. The maximum absolute atomic E-state index is 11.9. The molecule has 0 bridgehead atoms. The number of anilines is 1. The van der Waals surface area contributed by atoms with Gasteiger partial charge in [0.1, 0.15) is 6.33 Å². The van der Waals surface area contributed by atoms with Gasteiger partial charge in [0.05, 0.1) is 5.75 Å². The van der Waals surface area contributed by atoms with Crippen molar-refractivity contribution in [2.75, 3.05) is 11.1 Å². The standard InChI is InChI=1S/C15H20N4OS/c1-2-3-7-10-19-12-16-18-15(19)21-11-14(20)17-13-8-5-4-6-9-13/h4-6,8-9,12H,2-3,7,10-11H2,1H3,(H,17,20). The van der Waals surface area contributed by atoms with E-state index in [1.807, 2.05) is 34.9 Å². The van der Waals surface area contributed by atoms with Gasteiger partial charge in [0.25, 0.3) is 0 Å². The minimum Gasteiger partial charge on any atom is -0.325 e. The molecule has 6 heteroatoms. The minimum atomic E-state index is -0.0330. The molecule has 0 fully saturated rings. The van der Waals surface area contributed by atoms with E-state index < -0.39 is 0 Å². The van der Waals surface area contributed by atoms with Crippen molar-refractivity contribution in [2.24, 2.45) is 0 Å². The van der Waals surface area contributed by atoms with Crippen LogP contribution in [0.3, 0.4) is 0 Å². The molecule has 1 amide bonds. The van der Waals surface area contributed by atoms with E-state index in [1.165, 1.54) is 24.6 Å². The van der Waals surface area contributed by atoms with Gasteiger partial charge in [-0.3, -0.25) is 4.79 Å². The molecule has 5 nitrogen and oxygen atoms in total. The van der Waals surface area contributed by atoms with E-state index in [0.29, 0.717) is 5.75 Å². The monoisotopic (exact) mass is 304 g/mol. The summed E-state index contributed by atoms with van der Waals surface area (Å²) in [6.45, 7) is 3.08. The summed E-state index contributed by atoms with van der Waals surface area (Å²) >= 11 is 1.42. The molecule has 0 aliphatic carbocycles. The topological polar surface area (TPSA) is 59.8 Å². The second-order valence-electron chi connectivity index (χ2n) is 4.72. The number of carbonyl (C=O) groups excluding carboxylic acids is 1. The number of nitrogens with one attached hydrogen (secondary N) is 1. The SMILES string of the molecule is CCCCCn1cnnc1SCC(=O)Nc1ccccc1. The molecule has 0 unspecified atom stereocenters. The summed E-state index contributed by atoms with van der Waals surface area (Å²) in [5.74, 6) is 0.302. The number of amides is 1. The Labute approximate surface area is 129 Å². The fourth-order valence-electron chi connectivity index (χ4n) is 1.89. The van der Waals surface area contributed by atoms with Crippen molar-refractivity contribution in [3.63, 3.8) is 0 Å². The number of nitrogens with zero attached hydrogens (tertiary/aromatic N) is 3. The van der Waals surface area contributed by atoms with Crippen LogP contribution in [0.1, 0.15) is 26.2 Å². The zero-order valence-corrected chi connectivity index (χ0v) is 13.0. The zero-order chi connectivity index (χ0) is 14.9. The number of para-hydroxylation sites is 1. The number of rotatable bonds is 8. The quantitative estimate of drug-likeness (QED) is 0.601. The van der Waals surface area contributed by atoms with Crippen molar-refractivity contribution in [1.82, 2.24) is 14.8 Å². The summed E-state index contributed by atoms with van der Waals surface area (Å²) in [6.07, 6.45) is 5.21. The lowest BCUT2D eigenvalue weighted by atomic mass is 10.2. The van der Waals surface area contributed by atoms with Crippen LogP contribution in [0.25, 0.3) is 0 Å². The number of carbonyl (C=O) groups is 1. The molecule has 0 saturated heterocycles. The highest BCUT2D eigenvalue weighted by atomic mass is 32.2. The van der Waals surface area contributed by atoms with Gasteiger partial charge >= 0.3 is 0 Å². The summed E-state index contributed by atoms with van der Waals surface area (Å²) in [5, 5.41) is 11.7. The smallest absolute Gasteiger partial charge is 0.234 e. The van der Waals surface area contributed by atoms with E-state index >= 15 is 0 Å². The van der Waals surface area contributed by atoms with Crippen LogP contribution in [0.2, 0.25) is 0 Å². The first-order chi connectivity index (χ1) is 10.3. The molecule has 1 aromatic carbocycles. The number of hydrogen-bond acceptors (Lipinski definition) is 4. The Morgan fingerprint density at radius 1 is 1.29 bits per heavy atom. The van der Waals surface area contributed by atoms with Crippen LogP contribution in [0.5, 0.6) is 0 Å². The first kappa shape index (κ1) is 15.6. The van der Waals surface area contributed by atoms with Crippen LogP contribution in [-0.4, -0.2) is 26.4 Å². The van der Waals surface area contributed by atoms with E-state index in [2.05, 4.69) is 22.4 Å². The lowest BCUT2D eigenvalue weighted by Crippen LogP contribution is -2.14. The fourth-order valence-corrected chi connectivity index (χ4v) is 2.63. The molecule has 2 aromatic rings. The first-order valence-corrected chi connectivity index (χ1v) is 8.13. The Morgan fingerprint density at radius 2 is 2.10 bits per heavy atom. The third-order valence-electron chi connectivity index (χ3n) is 2.97. The highest BCUT2D eigenvalue weighted by Gasteiger charge is 2.08. The molecule has 2 rings (SSSR count). The zero-order valence-electron chi connectivity index (χ0n) is 12.2. The number of benzene rings is 1. The van der Waals surface area contributed by atoms with Crippen LogP contribution < -0.4 is 5.32 Å². The molecule has 0 aliphatic heterocycles. The van der Waals surface area contributed by atoms with Crippen LogP contribution in [0.15, 0.2) is 41.8 Å². The van der Waals surface area contributed by atoms with Crippen molar-refractivity contribution >= 4 is 23.4 Å². The van der Waals surface area contributed by atoms with Crippen LogP contribution in [-0.2, 0) is 11.3 Å². The predicted octanol–water partition coefficient (Wildman–Crippen LogP) is 3.20. The molecule has 0 saturated carbocycles. The van der Waals surface area contributed by atoms with Crippen molar-refractivity contribution in [2.45, 2.75) is 37.9 Å². The minimum absolute atomic E-state index is 0.0330. The van der Waals surface area contributed by atoms with Crippen LogP contribution in [0, 0.1) is 0 Å². The average molecular weight is 304 g/mol. The van der Waals surface area contributed by atoms with E-state index in [0.717, 1.165) is 23.8 Å². The Bertz CT molecular complexity index is 556. The molecule has 21 heavy (non-hydrogen) atoms. The molecular formula is C15H20N4OS. The maximum Gasteiger partial charge on any atom is 0.234 e. The number of unbranched alkanes of at least 4 members (excludes halogenated alkanes) is 2. The normalized spacial score (nSPS) is 10.5. The van der Waals surface area contributed by atoms with E-state index in [-0.39, 0.29) is 5.91 Å². The van der Waals surface area contributed by atoms with Gasteiger partial charge in [-0.15, -0.1) is 10.2 Å². The van der Waals surface area contributed by atoms with Crippen molar-refractivity contribution < 1.29 is 4.79 Å². The van der Waals surface area contributed by atoms with E-state index in [4.69, 9.17) is 0 Å². The summed E-state index contributed by atoms with van der Waals surface area (Å²) in [4.78, 5) is 11.9. The third-order valence-corrected chi connectivity index (χ3v) is 3.95. The fraction of sp³-hybridized carbons (Fsp3) is 0.400. The van der Waals surface area contributed by atoms with Gasteiger partial charge in [0, 0.05) is 12.2 Å². The molecule has 1 heterocycles. The van der Waals surface area contributed by atoms with Gasteiger partial charge < -0.3 is 9.88 Å². The lowest BCUT2D eigenvalue weighted by molar-refractivity contribution is -0.113. The van der Waals surface area contributed by atoms with Gasteiger partial charge in [-0.05, 0) is 18.6 Å². The van der Waals surface area contributed by atoms with Crippen LogP contribution >= 0.6 is 11.8 Å². The summed E-state index contributed by atoms with van der Waals surface area (Å²) in [5.41, 5.74) is 0.813. The maximum atomic E-state index is 11.9. The predicted molar refractivity (Wildman–Crippen MR) is 85.3 cm³/mol. The summed E-state index contributed by atoms with van der Waals surface area (Å²) in [7, 11) is 0. The summed E-state index contributed by atoms with van der Waals surface area (Å²) < 4.78 is 2.01. The lowest BCUT2D eigenvalue weighted by Gasteiger charge is -2.06. The molecular weight excluding hydrogens is 284 g/mol. The second-order valence-corrected chi connectivity index (χ2v) is 5.66. The molecule has 1 N–H and O–H groups in total. The molecule has 0 aliphatic rings. The van der Waals surface area contributed by atoms with Crippen molar-refractivity contribution in [3.05, 3.63) is 36.7 Å². The highest BCUT2D eigenvalue weighted by molar-refractivity contribution is 7.99. The Hall–Kier alpha value is -1.82. The Morgan fingerprint density at radius 3 is 2.86 bits per heavy atom. The Balaban J connectivity index is 1.80. The average Bonchev–Trinajstić information content (AvgIpc) is 2.94. The molecule has 0 spiro atoms. The van der Waals surface area contributed by atoms with E-state index in [1.54, 1.807) is 6.33 Å². The molecule has 0 radical (unpaired) electrons. The van der Waals surface area contributed by atoms with Gasteiger partial charge in [-0.2, -0.15) is 0 Å². The number of aromatic nitrogens is 3. The number of aryl methyl sites for hydroxylation is 1.